The summed E-state index contributed by atoms with van der Waals surface area (Å²) < 4.78 is 15.3. The van der Waals surface area contributed by atoms with E-state index in [0.29, 0.717) is 19.3 Å². The second-order valence-corrected chi connectivity index (χ2v) is 9.51. The summed E-state index contributed by atoms with van der Waals surface area (Å²) in [5.41, 5.74) is 0.148. The maximum Gasteiger partial charge on any atom is 0.408 e. The lowest BCUT2D eigenvalue weighted by Gasteiger charge is -2.25. The first-order chi connectivity index (χ1) is 16.6. The van der Waals surface area contributed by atoms with Crippen LogP contribution in [0.15, 0.2) is 30.3 Å². The summed E-state index contributed by atoms with van der Waals surface area (Å²) in [7, 11) is 1.32. The number of rotatable bonds is 10. The maximum absolute atomic E-state index is 13.0. The second-order valence-electron chi connectivity index (χ2n) is 9.51. The van der Waals surface area contributed by atoms with Crippen LogP contribution >= 0.6 is 0 Å². The summed E-state index contributed by atoms with van der Waals surface area (Å²) in [6.45, 7) is 5.59. The van der Waals surface area contributed by atoms with Gasteiger partial charge < -0.3 is 30.2 Å². The quantitative estimate of drug-likeness (QED) is 0.260. The zero-order valence-corrected chi connectivity index (χ0v) is 20.9. The third-order valence-corrected chi connectivity index (χ3v) is 5.51. The molecule has 1 aromatic rings. The minimum atomic E-state index is -0.897. The van der Waals surface area contributed by atoms with Crippen molar-refractivity contribution >= 4 is 24.1 Å². The van der Waals surface area contributed by atoms with Crippen LogP contribution in [0, 0.1) is 5.92 Å². The topological polar surface area (TPSA) is 132 Å². The van der Waals surface area contributed by atoms with E-state index in [1.807, 2.05) is 30.3 Å². The Morgan fingerprint density at radius 2 is 1.77 bits per heavy atom. The first-order valence-corrected chi connectivity index (χ1v) is 11.9. The van der Waals surface area contributed by atoms with E-state index >= 15 is 0 Å². The third-order valence-electron chi connectivity index (χ3n) is 5.51. The largest absolute Gasteiger partial charge is 0.469 e. The molecule has 1 aromatic carbocycles. The van der Waals surface area contributed by atoms with Gasteiger partial charge in [0.25, 0.3) is 0 Å². The number of esters is 1. The Kier molecular flexibility index (Phi) is 10.8. The Bertz CT molecular complexity index is 854. The van der Waals surface area contributed by atoms with Gasteiger partial charge in [0, 0.05) is 12.6 Å². The summed E-state index contributed by atoms with van der Waals surface area (Å²) in [4.78, 5) is 49.3. The fourth-order valence-corrected chi connectivity index (χ4v) is 3.84. The lowest BCUT2D eigenvalue weighted by atomic mass is 10.0. The van der Waals surface area contributed by atoms with Gasteiger partial charge in [-0.3, -0.25) is 9.59 Å². The summed E-state index contributed by atoms with van der Waals surface area (Å²) in [5, 5.41) is 8.13. The molecule has 0 saturated heterocycles. The molecule has 194 valence electrons. The van der Waals surface area contributed by atoms with Crippen LogP contribution in [-0.2, 0) is 30.4 Å². The molecule has 0 unspecified atom stereocenters. The fourth-order valence-electron chi connectivity index (χ4n) is 3.84. The van der Waals surface area contributed by atoms with Crippen molar-refractivity contribution in [1.82, 2.24) is 16.0 Å². The van der Waals surface area contributed by atoms with Crippen molar-refractivity contribution < 1.29 is 33.4 Å². The molecule has 35 heavy (non-hydrogen) atoms. The second kappa shape index (κ2) is 13.6. The van der Waals surface area contributed by atoms with Crippen molar-refractivity contribution in [3.8, 4) is 0 Å². The highest BCUT2D eigenvalue weighted by Gasteiger charge is 2.36. The molecule has 3 atom stereocenters. The summed E-state index contributed by atoms with van der Waals surface area (Å²) in [5.74, 6) is -1.18. The molecule has 10 nitrogen and oxygen atoms in total. The summed E-state index contributed by atoms with van der Waals surface area (Å²) >= 11 is 0. The molecule has 0 aliphatic heterocycles. The van der Waals surface area contributed by atoms with E-state index in [1.54, 1.807) is 20.8 Å². The van der Waals surface area contributed by atoms with Gasteiger partial charge >= 0.3 is 18.2 Å². The molecule has 3 N–H and O–H groups in total. The lowest BCUT2D eigenvalue weighted by molar-refractivity contribution is -0.146. The number of ether oxygens (including phenoxy) is 3. The number of amides is 3. The molecule has 1 aliphatic rings. The first-order valence-electron chi connectivity index (χ1n) is 11.9. The van der Waals surface area contributed by atoms with Gasteiger partial charge in [-0.05, 0) is 52.0 Å². The third kappa shape index (κ3) is 10.2. The Morgan fingerprint density at radius 3 is 2.43 bits per heavy atom. The van der Waals surface area contributed by atoms with E-state index in [9.17, 15) is 19.2 Å². The van der Waals surface area contributed by atoms with Gasteiger partial charge in [-0.25, -0.2) is 9.59 Å². The molecule has 0 spiro atoms. The number of hydrogen-bond donors (Lipinski definition) is 3. The normalized spacial score (nSPS) is 18.2. The van der Waals surface area contributed by atoms with Crippen LogP contribution in [0.2, 0.25) is 0 Å². The van der Waals surface area contributed by atoms with Crippen LogP contribution in [-0.4, -0.2) is 55.4 Å². The zero-order valence-electron chi connectivity index (χ0n) is 20.9. The van der Waals surface area contributed by atoms with Gasteiger partial charge in [0.15, 0.2) is 0 Å². The molecule has 3 amide bonds. The number of hydrogen-bond acceptors (Lipinski definition) is 7. The van der Waals surface area contributed by atoms with E-state index in [1.165, 1.54) is 7.11 Å². The van der Waals surface area contributed by atoms with Crippen molar-refractivity contribution in [2.75, 3.05) is 13.7 Å². The molecule has 0 heterocycles. The summed E-state index contributed by atoms with van der Waals surface area (Å²) in [6.07, 6.45) is 1.45. The average Bonchev–Trinajstić information content (AvgIpc) is 3.26. The zero-order chi connectivity index (χ0) is 25.8. The van der Waals surface area contributed by atoms with Crippen molar-refractivity contribution in [3.63, 3.8) is 0 Å². The average molecular weight is 492 g/mol. The van der Waals surface area contributed by atoms with E-state index in [2.05, 4.69) is 16.0 Å². The van der Waals surface area contributed by atoms with Crippen molar-refractivity contribution in [2.45, 2.75) is 77.2 Å². The van der Waals surface area contributed by atoms with E-state index in [0.717, 1.165) is 12.0 Å². The number of carbonyl (C=O) groups excluding carboxylic acids is 4. The highest BCUT2D eigenvalue weighted by atomic mass is 16.6. The lowest BCUT2D eigenvalue weighted by Crippen LogP contribution is -2.52. The van der Waals surface area contributed by atoms with Crippen LogP contribution in [0.4, 0.5) is 9.59 Å². The molecule has 0 bridgehead atoms. The molecule has 1 aliphatic carbocycles. The number of methoxy groups -OCH3 is 1. The maximum atomic E-state index is 13.0. The van der Waals surface area contributed by atoms with Gasteiger partial charge in [0.1, 0.15) is 18.2 Å². The molecule has 1 fully saturated rings. The number of alkyl carbamates (subject to hydrolysis) is 2. The molecular weight excluding hydrogens is 454 g/mol. The van der Waals surface area contributed by atoms with E-state index in [4.69, 9.17) is 14.2 Å². The fraction of sp³-hybridized carbons (Fsp3) is 0.600. The monoisotopic (exact) mass is 491 g/mol. The van der Waals surface area contributed by atoms with Gasteiger partial charge in [-0.1, -0.05) is 36.8 Å². The number of carbonyl (C=O) groups is 4. The van der Waals surface area contributed by atoms with Gasteiger partial charge in [-0.15, -0.1) is 0 Å². The number of benzene rings is 1. The Balaban J connectivity index is 1.87. The predicted molar refractivity (Wildman–Crippen MR) is 128 cm³/mol. The minimum absolute atomic E-state index is 0.153. The number of nitrogens with one attached hydrogen (secondary N) is 3. The Hall–Kier alpha value is -3.30. The summed E-state index contributed by atoms with van der Waals surface area (Å²) in [6, 6.07) is 8.05. The van der Waals surface area contributed by atoms with Crippen molar-refractivity contribution in [3.05, 3.63) is 35.9 Å². The van der Waals surface area contributed by atoms with Crippen LogP contribution in [0.1, 0.15) is 58.4 Å². The SMILES string of the molecule is COC(=O)[C@@H]1CCC[C@@H]1NC(=O)[C@H](CCCNC(=O)OCc1ccccc1)NC(=O)OC(C)(C)C. The predicted octanol–water partition coefficient (Wildman–Crippen LogP) is 3.04. The van der Waals surface area contributed by atoms with Gasteiger partial charge in [0.2, 0.25) is 5.91 Å². The van der Waals surface area contributed by atoms with Crippen LogP contribution < -0.4 is 16.0 Å². The van der Waals surface area contributed by atoms with Crippen LogP contribution in [0.3, 0.4) is 0 Å². The highest BCUT2D eigenvalue weighted by Crippen LogP contribution is 2.27. The standard InChI is InChI=1S/C25H37N3O7/c1-25(2,3)35-24(32)28-20(21(29)27-19-13-8-12-18(19)22(30)33-4)14-9-15-26-23(31)34-16-17-10-6-5-7-11-17/h5-7,10-11,18-20H,8-9,12-16H2,1-4H3,(H,26,31)(H,27,29)(H,28,32)/t18-,19+,20+/m1/s1. The Morgan fingerprint density at radius 1 is 1.06 bits per heavy atom. The van der Waals surface area contributed by atoms with Crippen LogP contribution in [0.5, 0.6) is 0 Å². The van der Waals surface area contributed by atoms with Crippen molar-refractivity contribution in [2.24, 2.45) is 5.92 Å². The van der Waals surface area contributed by atoms with Crippen molar-refractivity contribution in [1.29, 1.82) is 0 Å². The molecule has 10 heteroatoms. The van der Waals surface area contributed by atoms with Gasteiger partial charge in [-0.2, -0.15) is 0 Å². The van der Waals surface area contributed by atoms with E-state index in [-0.39, 0.29) is 31.6 Å². The molecule has 0 radical (unpaired) electrons. The minimum Gasteiger partial charge on any atom is -0.469 e. The molecule has 0 aromatic heterocycles. The Labute approximate surface area is 206 Å². The van der Waals surface area contributed by atoms with E-state index < -0.39 is 35.7 Å². The smallest absolute Gasteiger partial charge is 0.408 e. The first kappa shape index (κ1) is 27.9. The molecule has 1 saturated carbocycles. The van der Waals surface area contributed by atoms with Gasteiger partial charge in [0.05, 0.1) is 13.0 Å². The molecule has 2 rings (SSSR count). The highest BCUT2D eigenvalue weighted by molar-refractivity contribution is 5.86. The van der Waals surface area contributed by atoms with Crippen LogP contribution in [0.25, 0.3) is 0 Å². The molecular formula is C25H37N3O7.